The number of hydrogen-bond acceptors (Lipinski definition) is 2. The minimum Gasteiger partial charge on any atom is -0.324 e. The lowest BCUT2D eigenvalue weighted by Crippen LogP contribution is -2.19. The van der Waals surface area contributed by atoms with Gasteiger partial charge in [-0.15, -0.1) is 0 Å². The Morgan fingerprint density at radius 2 is 1.61 bits per heavy atom. The number of rotatable bonds is 3. The van der Waals surface area contributed by atoms with Gasteiger partial charge in [-0.25, -0.2) is 0 Å². The molecule has 2 aromatic carbocycles. The molecule has 3 N–H and O–H groups in total. The molecule has 18 heavy (non-hydrogen) atoms. The number of nitrogens with two attached hydrogens (primary N) is 1. The summed E-state index contributed by atoms with van der Waals surface area (Å²) in [6.07, 6.45) is 0.992. The topological polar surface area (TPSA) is 38.0 Å². The van der Waals surface area contributed by atoms with Gasteiger partial charge in [0.1, 0.15) is 0 Å². The second-order valence-corrected chi connectivity index (χ2v) is 4.89. The molecule has 1 aliphatic carbocycles. The van der Waals surface area contributed by atoms with Gasteiger partial charge in [-0.05, 0) is 23.1 Å². The summed E-state index contributed by atoms with van der Waals surface area (Å²) in [5.41, 5.74) is 10.1. The van der Waals surface area contributed by atoms with Crippen molar-refractivity contribution < 1.29 is 0 Å². The van der Waals surface area contributed by atoms with Gasteiger partial charge in [0.2, 0.25) is 0 Å². The number of nitrogens with one attached hydrogen (secondary N) is 1. The van der Waals surface area contributed by atoms with Gasteiger partial charge in [0, 0.05) is 18.6 Å². The highest BCUT2D eigenvalue weighted by Gasteiger charge is 2.27. The van der Waals surface area contributed by atoms with Crippen molar-refractivity contribution in [3.63, 3.8) is 0 Å². The maximum Gasteiger partial charge on any atom is 0.0344 e. The van der Waals surface area contributed by atoms with Gasteiger partial charge in [-0.3, -0.25) is 0 Å². The van der Waals surface area contributed by atoms with Crippen LogP contribution in [0.25, 0.3) is 0 Å². The van der Waals surface area contributed by atoms with E-state index in [1.807, 2.05) is 6.07 Å². The van der Waals surface area contributed by atoms with Gasteiger partial charge < -0.3 is 11.1 Å². The fourth-order valence-electron chi connectivity index (χ4n) is 2.70. The van der Waals surface area contributed by atoms with Crippen molar-refractivity contribution in [1.29, 1.82) is 0 Å². The third kappa shape index (κ3) is 2.17. The number of fused-ring (bicyclic) bond motifs is 1. The Morgan fingerprint density at radius 3 is 2.39 bits per heavy atom. The van der Waals surface area contributed by atoms with E-state index in [0.29, 0.717) is 6.04 Å². The van der Waals surface area contributed by atoms with E-state index in [1.165, 1.54) is 16.7 Å². The van der Waals surface area contributed by atoms with Crippen LogP contribution in [-0.4, -0.2) is 0 Å². The Labute approximate surface area is 108 Å². The molecular formula is C16H18N2. The molecule has 2 atom stereocenters. The van der Waals surface area contributed by atoms with E-state index in [0.717, 1.165) is 13.0 Å². The fourth-order valence-corrected chi connectivity index (χ4v) is 2.70. The highest BCUT2D eigenvalue weighted by atomic mass is 14.9. The van der Waals surface area contributed by atoms with Crippen LogP contribution in [0.3, 0.4) is 0 Å². The van der Waals surface area contributed by atoms with E-state index in [1.54, 1.807) is 0 Å². The molecule has 0 aromatic heterocycles. The second kappa shape index (κ2) is 4.92. The maximum absolute atomic E-state index is 6.17. The smallest absolute Gasteiger partial charge is 0.0344 e. The molecule has 0 saturated heterocycles. The molecule has 92 valence electrons. The minimum atomic E-state index is 0.175. The normalized spacial score (nSPS) is 21.8. The van der Waals surface area contributed by atoms with Crippen LogP contribution in [0.2, 0.25) is 0 Å². The lowest BCUT2D eigenvalue weighted by atomic mass is 10.1. The van der Waals surface area contributed by atoms with Crippen molar-refractivity contribution >= 4 is 0 Å². The first-order valence-corrected chi connectivity index (χ1v) is 6.46. The van der Waals surface area contributed by atoms with E-state index in [2.05, 4.69) is 53.8 Å². The minimum absolute atomic E-state index is 0.175. The van der Waals surface area contributed by atoms with E-state index >= 15 is 0 Å². The van der Waals surface area contributed by atoms with Crippen LogP contribution in [0, 0.1) is 0 Å². The fraction of sp³-hybridized carbons (Fsp3) is 0.250. The van der Waals surface area contributed by atoms with E-state index in [-0.39, 0.29) is 6.04 Å². The Hall–Kier alpha value is -1.64. The lowest BCUT2D eigenvalue weighted by Gasteiger charge is -2.14. The molecule has 0 amide bonds. The van der Waals surface area contributed by atoms with E-state index < -0.39 is 0 Å². The first kappa shape index (κ1) is 11.5. The Bertz CT molecular complexity index is 522. The average molecular weight is 238 g/mol. The molecule has 2 unspecified atom stereocenters. The molecule has 0 heterocycles. The monoisotopic (exact) mass is 238 g/mol. The van der Waals surface area contributed by atoms with Gasteiger partial charge in [0.25, 0.3) is 0 Å². The predicted molar refractivity (Wildman–Crippen MR) is 74.0 cm³/mol. The molecule has 0 spiro atoms. The molecule has 1 aliphatic rings. The largest absolute Gasteiger partial charge is 0.324 e. The Kier molecular flexibility index (Phi) is 3.13. The van der Waals surface area contributed by atoms with Crippen molar-refractivity contribution in [2.24, 2.45) is 5.73 Å². The van der Waals surface area contributed by atoms with E-state index in [4.69, 9.17) is 5.73 Å². The molecule has 0 radical (unpaired) electrons. The van der Waals surface area contributed by atoms with Crippen molar-refractivity contribution in [2.75, 3.05) is 0 Å². The zero-order valence-electron chi connectivity index (χ0n) is 10.3. The first-order valence-electron chi connectivity index (χ1n) is 6.46. The molecule has 0 bridgehead atoms. The maximum atomic E-state index is 6.17. The molecule has 3 rings (SSSR count). The molecule has 2 nitrogen and oxygen atoms in total. The van der Waals surface area contributed by atoms with Crippen LogP contribution in [0.1, 0.15) is 35.2 Å². The van der Waals surface area contributed by atoms with Gasteiger partial charge >= 0.3 is 0 Å². The highest BCUT2D eigenvalue weighted by Crippen LogP contribution is 2.36. The number of hydrogen-bond donors (Lipinski definition) is 2. The number of benzene rings is 2. The van der Waals surface area contributed by atoms with Gasteiger partial charge in [-0.2, -0.15) is 0 Å². The zero-order chi connectivity index (χ0) is 12.4. The van der Waals surface area contributed by atoms with Crippen LogP contribution in [0.15, 0.2) is 54.6 Å². The summed E-state index contributed by atoms with van der Waals surface area (Å²) in [6, 6.07) is 19.5. The van der Waals surface area contributed by atoms with Gasteiger partial charge in [0.05, 0.1) is 0 Å². The second-order valence-electron chi connectivity index (χ2n) is 4.89. The molecule has 0 aliphatic heterocycles. The Balaban J connectivity index is 1.72. The van der Waals surface area contributed by atoms with Crippen molar-refractivity contribution in [1.82, 2.24) is 5.32 Å². The average Bonchev–Trinajstić information content (AvgIpc) is 2.75. The summed E-state index contributed by atoms with van der Waals surface area (Å²) in [6.45, 7) is 0.895. The van der Waals surface area contributed by atoms with Crippen LogP contribution < -0.4 is 11.1 Å². The first-order chi connectivity index (χ1) is 8.84. The van der Waals surface area contributed by atoms with Crippen LogP contribution >= 0.6 is 0 Å². The summed E-state index contributed by atoms with van der Waals surface area (Å²) in [7, 11) is 0. The lowest BCUT2D eigenvalue weighted by molar-refractivity contribution is 0.498. The SMILES string of the molecule is NC1CC(NCc2ccccc2)c2ccccc21. The molecular weight excluding hydrogens is 220 g/mol. The highest BCUT2D eigenvalue weighted by molar-refractivity contribution is 5.37. The summed E-state index contributed by atoms with van der Waals surface area (Å²) >= 11 is 0. The molecule has 0 fully saturated rings. The van der Waals surface area contributed by atoms with Crippen molar-refractivity contribution in [3.8, 4) is 0 Å². The van der Waals surface area contributed by atoms with Crippen molar-refractivity contribution in [2.45, 2.75) is 25.0 Å². The Morgan fingerprint density at radius 1 is 0.944 bits per heavy atom. The zero-order valence-corrected chi connectivity index (χ0v) is 10.3. The summed E-state index contributed by atoms with van der Waals surface area (Å²) in [4.78, 5) is 0. The van der Waals surface area contributed by atoms with Crippen LogP contribution in [-0.2, 0) is 6.54 Å². The van der Waals surface area contributed by atoms with Gasteiger partial charge in [0.15, 0.2) is 0 Å². The van der Waals surface area contributed by atoms with Gasteiger partial charge in [-0.1, -0.05) is 54.6 Å². The predicted octanol–water partition coefficient (Wildman–Crippen LogP) is 2.92. The third-order valence-electron chi connectivity index (χ3n) is 3.66. The quantitative estimate of drug-likeness (QED) is 0.863. The third-order valence-corrected chi connectivity index (χ3v) is 3.66. The van der Waals surface area contributed by atoms with Crippen LogP contribution in [0.5, 0.6) is 0 Å². The summed E-state index contributed by atoms with van der Waals surface area (Å²) in [5.74, 6) is 0. The summed E-state index contributed by atoms with van der Waals surface area (Å²) in [5, 5.41) is 3.60. The standard InChI is InChI=1S/C16H18N2/c17-15-10-16(14-9-5-4-8-13(14)15)18-11-12-6-2-1-3-7-12/h1-9,15-16,18H,10-11,17H2. The molecule has 2 heteroatoms. The molecule has 2 aromatic rings. The van der Waals surface area contributed by atoms with Crippen LogP contribution in [0.4, 0.5) is 0 Å². The van der Waals surface area contributed by atoms with Crippen molar-refractivity contribution in [3.05, 3.63) is 71.3 Å². The molecule has 0 saturated carbocycles. The summed E-state index contributed by atoms with van der Waals surface area (Å²) < 4.78 is 0. The van der Waals surface area contributed by atoms with E-state index in [9.17, 15) is 0 Å².